The molecule has 0 aliphatic heterocycles. The number of phenolic OH excluding ortho intramolecular Hbond substituents is 1. The van der Waals surface area contributed by atoms with Crippen LogP contribution < -0.4 is 0 Å². The van der Waals surface area contributed by atoms with Crippen LogP contribution in [0.15, 0.2) is 30.3 Å². The minimum atomic E-state index is -0.115. The predicted molar refractivity (Wildman–Crippen MR) is 65.6 cm³/mol. The molecule has 0 unspecified atom stereocenters. The molecule has 0 saturated heterocycles. The van der Waals surface area contributed by atoms with E-state index in [4.69, 9.17) is 0 Å². The molecule has 0 atom stereocenters. The Morgan fingerprint density at radius 3 is 2.35 bits per heavy atom. The van der Waals surface area contributed by atoms with Gasteiger partial charge in [-0.2, -0.15) is 0 Å². The molecule has 2 rings (SSSR count). The standard InChI is InChI=1S/C14H12O3/c1-8(15)11-6-10-4-3-5-12(9(2)16)14(10)13(17)7-11/h3-7,17H,1-2H3. The molecular weight excluding hydrogens is 216 g/mol. The number of phenols is 1. The minimum absolute atomic E-state index is 0.0292. The van der Waals surface area contributed by atoms with Crippen LogP contribution in [-0.4, -0.2) is 16.7 Å². The molecule has 2 aromatic rings. The molecule has 0 heterocycles. The van der Waals surface area contributed by atoms with Gasteiger partial charge in [0.25, 0.3) is 0 Å². The molecule has 17 heavy (non-hydrogen) atoms. The van der Waals surface area contributed by atoms with Gasteiger partial charge in [-0.3, -0.25) is 9.59 Å². The Labute approximate surface area is 98.7 Å². The zero-order valence-corrected chi connectivity index (χ0v) is 9.65. The molecule has 3 nitrogen and oxygen atoms in total. The SMILES string of the molecule is CC(=O)c1cc(O)c2c(C(C)=O)cccc2c1. The summed E-state index contributed by atoms with van der Waals surface area (Å²) in [5.41, 5.74) is 0.908. The van der Waals surface area contributed by atoms with E-state index in [1.165, 1.54) is 19.9 Å². The fourth-order valence-corrected chi connectivity index (χ4v) is 1.90. The third-order valence-corrected chi connectivity index (χ3v) is 2.74. The zero-order chi connectivity index (χ0) is 12.6. The van der Waals surface area contributed by atoms with E-state index in [9.17, 15) is 14.7 Å². The van der Waals surface area contributed by atoms with E-state index >= 15 is 0 Å². The summed E-state index contributed by atoms with van der Waals surface area (Å²) in [6, 6.07) is 8.26. The van der Waals surface area contributed by atoms with Gasteiger partial charge in [0.2, 0.25) is 0 Å². The number of benzene rings is 2. The van der Waals surface area contributed by atoms with Gasteiger partial charge in [0, 0.05) is 16.5 Å². The van der Waals surface area contributed by atoms with Crippen LogP contribution in [0.4, 0.5) is 0 Å². The normalized spacial score (nSPS) is 10.5. The maximum absolute atomic E-state index is 11.5. The third-order valence-electron chi connectivity index (χ3n) is 2.74. The fourth-order valence-electron chi connectivity index (χ4n) is 1.90. The summed E-state index contributed by atoms with van der Waals surface area (Å²) >= 11 is 0. The molecule has 86 valence electrons. The van der Waals surface area contributed by atoms with Crippen molar-refractivity contribution in [2.45, 2.75) is 13.8 Å². The smallest absolute Gasteiger partial charge is 0.160 e. The van der Waals surface area contributed by atoms with Gasteiger partial charge < -0.3 is 5.11 Å². The highest BCUT2D eigenvalue weighted by Gasteiger charge is 2.12. The first kappa shape index (κ1) is 11.3. The quantitative estimate of drug-likeness (QED) is 0.804. The number of carbonyl (C=O) groups is 2. The van der Waals surface area contributed by atoms with E-state index in [-0.39, 0.29) is 17.3 Å². The van der Waals surface area contributed by atoms with Crippen molar-refractivity contribution < 1.29 is 14.7 Å². The Balaban J connectivity index is 2.85. The lowest BCUT2D eigenvalue weighted by atomic mass is 9.98. The van der Waals surface area contributed by atoms with Crippen LogP contribution in [0.1, 0.15) is 34.6 Å². The summed E-state index contributed by atoms with van der Waals surface area (Å²) in [6.07, 6.45) is 0. The molecule has 0 saturated carbocycles. The van der Waals surface area contributed by atoms with Gasteiger partial charge in [-0.1, -0.05) is 18.2 Å². The Kier molecular flexibility index (Phi) is 2.68. The third kappa shape index (κ3) is 1.91. The van der Waals surface area contributed by atoms with Crippen LogP contribution in [-0.2, 0) is 0 Å². The number of hydrogen-bond donors (Lipinski definition) is 1. The van der Waals surface area contributed by atoms with E-state index in [0.29, 0.717) is 21.9 Å². The van der Waals surface area contributed by atoms with Gasteiger partial charge in [0.05, 0.1) is 0 Å². The van der Waals surface area contributed by atoms with E-state index in [1.54, 1.807) is 24.3 Å². The Morgan fingerprint density at radius 2 is 1.76 bits per heavy atom. The average Bonchev–Trinajstić information content (AvgIpc) is 2.27. The number of rotatable bonds is 2. The van der Waals surface area contributed by atoms with Crippen LogP contribution in [0.3, 0.4) is 0 Å². The number of hydrogen-bond acceptors (Lipinski definition) is 3. The van der Waals surface area contributed by atoms with E-state index in [0.717, 1.165) is 0 Å². The molecule has 0 aliphatic carbocycles. The van der Waals surface area contributed by atoms with Gasteiger partial charge in [-0.05, 0) is 31.4 Å². The monoisotopic (exact) mass is 228 g/mol. The van der Waals surface area contributed by atoms with Crippen molar-refractivity contribution in [3.05, 3.63) is 41.5 Å². The molecular formula is C14H12O3. The first-order valence-electron chi connectivity index (χ1n) is 5.28. The van der Waals surface area contributed by atoms with Crippen molar-refractivity contribution in [2.75, 3.05) is 0 Å². The number of carbonyl (C=O) groups excluding carboxylic acids is 2. The molecule has 3 heteroatoms. The number of ketones is 2. The summed E-state index contributed by atoms with van der Waals surface area (Å²) < 4.78 is 0. The van der Waals surface area contributed by atoms with Crippen LogP contribution in [0.5, 0.6) is 5.75 Å². The van der Waals surface area contributed by atoms with Gasteiger partial charge in [-0.25, -0.2) is 0 Å². The van der Waals surface area contributed by atoms with Crippen molar-refractivity contribution in [1.29, 1.82) is 0 Å². The molecule has 0 spiro atoms. The highest BCUT2D eigenvalue weighted by molar-refractivity contribution is 6.11. The topological polar surface area (TPSA) is 54.4 Å². The highest BCUT2D eigenvalue weighted by Crippen LogP contribution is 2.30. The summed E-state index contributed by atoms with van der Waals surface area (Å²) in [5, 5.41) is 11.1. The number of aromatic hydroxyl groups is 1. The molecule has 0 bridgehead atoms. The summed E-state index contributed by atoms with van der Waals surface area (Å²) in [5.74, 6) is -0.254. The Morgan fingerprint density at radius 1 is 1.06 bits per heavy atom. The van der Waals surface area contributed by atoms with Crippen LogP contribution in [0.25, 0.3) is 10.8 Å². The maximum atomic E-state index is 11.5. The summed E-state index contributed by atoms with van der Waals surface area (Å²) in [4.78, 5) is 22.7. The largest absolute Gasteiger partial charge is 0.507 e. The maximum Gasteiger partial charge on any atom is 0.160 e. The highest BCUT2D eigenvalue weighted by atomic mass is 16.3. The molecule has 2 aromatic carbocycles. The van der Waals surface area contributed by atoms with Gasteiger partial charge in [-0.15, -0.1) is 0 Å². The lowest BCUT2D eigenvalue weighted by molar-refractivity contribution is 0.101. The summed E-state index contributed by atoms with van der Waals surface area (Å²) in [7, 11) is 0. The van der Waals surface area contributed by atoms with E-state index in [2.05, 4.69) is 0 Å². The van der Waals surface area contributed by atoms with Crippen molar-refractivity contribution in [2.24, 2.45) is 0 Å². The fraction of sp³-hybridized carbons (Fsp3) is 0.143. The van der Waals surface area contributed by atoms with E-state index in [1.807, 2.05) is 0 Å². The Hall–Kier alpha value is -2.16. The van der Waals surface area contributed by atoms with Crippen molar-refractivity contribution in [3.8, 4) is 5.75 Å². The average molecular weight is 228 g/mol. The van der Waals surface area contributed by atoms with Gasteiger partial charge >= 0.3 is 0 Å². The molecule has 0 fully saturated rings. The number of fused-ring (bicyclic) bond motifs is 1. The van der Waals surface area contributed by atoms with E-state index < -0.39 is 0 Å². The second-order valence-electron chi connectivity index (χ2n) is 4.01. The Bertz CT molecular complexity index is 627. The molecule has 0 aromatic heterocycles. The van der Waals surface area contributed by atoms with Crippen LogP contribution in [0.2, 0.25) is 0 Å². The lowest BCUT2D eigenvalue weighted by Crippen LogP contribution is -1.96. The van der Waals surface area contributed by atoms with Crippen molar-refractivity contribution in [3.63, 3.8) is 0 Å². The van der Waals surface area contributed by atoms with Crippen molar-refractivity contribution >= 4 is 22.3 Å². The van der Waals surface area contributed by atoms with Crippen molar-refractivity contribution in [1.82, 2.24) is 0 Å². The van der Waals surface area contributed by atoms with Gasteiger partial charge in [0.1, 0.15) is 5.75 Å². The number of Topliss-reactive ketones (excluding diaryl/α,β-unsaturated/α-hetero) is 2. The molecule has 0 radical (unpaired) electrons. The molecule has 1 N–H and O–H groups in total. The molecule has 0 aliphatic rings. The second-order valence-corrected chi connectivity index (χ2v) is 4.01. The first-order valence-corrected chi connectivity index (χ1v) is 5.28. The predicted octanol–water partition coefficient (Wildman–Crippen LogP) is 2.95. The van der Waals surface area contributed by atoms with Gasteiger partial charge in [0.15, 0.2) is 11.6 Å². The van der Waals surface area contributed by atoms with Crippen LogP contribution >= 0.6 is 0 Å². The first-order chi connectivity index (χ1) is 8.00. The minimum Gasteiger partial charge on any atom is -0.507 e. The van der Waals surface area contributed by atoms with Crippen LogP contribution in [0, 0.1) is 0 Å². The zero-order valence-electron chi connectivity index (χ0n) is 9.65. The lowest BCUT2D eigenvalue weighted by Gasteiger charge is -2.07. The molecule has 0 amide bonds. The summed E-state index contributed by atoms with van der Waals surface area (Å²) in [6.45, 7) is 2.89. The second kappa shape index (κ2) is 4.01.